The summed E-state index contributed by atoms with van der Waals surface area (Å²) in [6.45, 7) is 10.1. The molecule has 1 amide bonds. The Hall–Kier alpha value is -3.89. The number of hydrogen-bond acceptors (Lipinski definition) is 7. The lowest BCUT2D eigenvalue weighted by Crippen LogP contribution is -2.29. The van der Waals surface area contributed by atoms with Crippen molar-refractivity contribution in [1.29, 1.82) is 0 Å². The van der Waals surface area contributed by atoms with Crippen molar-refractivity contribution in [3.8, 4) is 11.1 Å². The predicted molar refractivity (Wildman–Crippen MR) is 172 cm³/mol. The number of benzene rings is 1. The molecule has 1 saturated heterocycles. The van der Waals surface area contributed by atoms with E-state index in [9.17, 15) is 9.59 Å². The second-order valence-corrected chi connectivity index (χ2v) is 12.8. The third kappa shape index (κ3) is 6.55. The quantitative estimate of drug-likeness (QED) is 0.229. The van der Waals surface area contributed by atoms with Crippen molar-refractivity contribution in [3.63, 3.8) is 0 Å². The molecule has 3 aromatic heterocycles. The minimum Gasteiger partial charge on any atom is -0.334 e. The molecule has 5 rings (SSSR count). The summed E-state index contributed by atoms with van der Waals surface area (Å²) < 4.78 is 16.6. The van der Waals surface area contributed by atoms with Crippen LogP contribution >= 0.6 is 11.3 Å². The number of aryl methyl sites for hydroxylation is 2. The van der Waals surface area contributed by atoms with Crippen molar-refractivity contribution >= 4 is 34.4 Å². The second-order valence-electron chi connectivity index (χ2n) is 11.7. The number of piperidine rings is 1. The molecule has 1 aromatic carbocycles. The van der Waals surface area contributed by atoms with Gasteiger partial charge < -0.3 is 20.1 Å². The third-order valence-electron chi connectivity index (χ3n) is 8.24. The van der Waals surface area contributed by atoms with E-state index in [1.807, 2.05) is 18.2 Å². The predicted octanol–water partition coefficient (Wildman–Crippen LogP) is 6.84. The number of hydrogen-bond donors (Lipinski definition) is 2. The third-order valence-corrected chi connectivity index (χ3v) is 9.53. The first-order valence-electron chi connectivity index (χ1n) is 14.8. The minimum absolute atomic E-state index is 0.124. The molecule has 0 aliphatic carbocycles. The van der Waals surface area contributed by atoms with Crippen molar-refractivity contribution in [2.24, 2.45) is 7.05 Å². The van der Waals surface area contributed by atoms with Gasteiger partial charge in [0.05, 0.1) is 16.3 Å². The second kappa shape index (κ2) is 12.8. The molecule has 1 aliphatic heterocycles. The molecule has 226 valence electrons. The van der Waals surface area contributed by atoms with Crippen molar-refractivity contribution < 1.29 is 9.18 Å². The Labute approximate surface area is 256 Å². The molecule has 0 atom stereocenters. The lowest BCUT2D eigenvalue weighted by atomic mass is 9.94. The summed E-state index contributed by atoms with van der Waals surface area (Å²) in [6, 6.07) is 10.5. The fraction of sp³-hybridized carbons (Fsp3) is 0.394. The number of likely N-dealkylation sites (tertiary alicyclic amines) is 1. The summed E-state index contributed by atoms with van der Waals surface area (Å²) in [5, 5.41) is 14.7. The van der Waals surface area contributed by atoms with Crippen molar-refractivity contribution in [1.82, 2.24) is 19.7 Å². The molecule has 4 heterocycles. The molecule has 0 spiro atoms. The topological polar surface area (TPSA) is 92.2 Å². The maximum absolute atomic E-state index is 15.1. The zero-order valence-corrected chi connectivity index (χ0v) is 26.4. The highest BCUT2D eigenvalue weighted by molar-refractivity contribution is 7.14. The monoisotopic (exact) mass is 602 g/mol. The fourth-order valence-corrected chi connectivity index (χ4v) is 6.81. The van der Waals surface area contributed by atoms with E-state index in [2.05, 4.69) is 53.5 Å². The Balaban J connectivity index is 1.40. The minimum atomic E-state index is -0.519. The zero-order chi connectivity index (χ0) is 30.8. The summed E-state index contributed by atoms with van der Waals surface area (Å²) in [7, 11) is 3.80. The number of carbonyl (C=O) groups is 1. The van der Waals surface area contributed by atoms with Gasteiger partial charge in [-0.25, -0.2) is 4.39 Å². The first-order chi connectivity index (χ1) is 20.5. The van der Waals surface area contributed by atoms with Crippen LogP contribution in [0.4, 0.5) is 21.6 Å². The van der Waals surface area contributed by atoms with Gasteiger partial charge in [-0.05, 0) is 99.3 Å². The summed E-state index contributed by atoms with van der Waals surface area (Å²) in [6.07, 6.45) is 4.64. The summed E-state index contributed by atoms with van der Waals surface area (Å²) in [4.78, 5) is 30.3. The summed E-state index contributed by atoms with van der Waals surface area (Å²) in [5.74, 6) is 0.295. The molecule has 0 saturated carbocycles. The first kappa shape index (κ1) is 30.6. The highest BCUT2D eigenvalue weighted by atomic mass is 32.1. The van der Waals surface area contributed by atoms with Gasteiger partial charge in [-0.2, -0.15) is 5.10 Å². The van der Waals surface area contributed by atoms with E-state index in [0.29, 0.717) is 44.9 Å². The average Bonchev–Trinajstić information content (AvgIpc) is 3.44. The van der Waals surface area contributed by atoms with E-state index in [4.69, 9.17) is 0 Å². The van der Waals surface area contributed by atoms with Gasteiger partial charge in [0.1, 0.15) is 11.5 Å². The molecule has 0 unspecified atom stereocenters. The van der Waals surface area contributed by atoms with Crippen molar-refractivity contribution in [3.05, 3.63) is 85.3 Å². The van der Waals surface area contributed by atoms with Gasteiger partial charge in [0.2, 0.25) is 0 Å². The molecule has 2 N–H and O–H groups in total. The van der Waals surface area contributed by atoms with Crippen LogP contribution in [0.5, 0.6) is 0 Å². The molecule has 8 nitrogen and oxygen atoms in total. The lowest BCUT2D eigenvalue weighted by Gasteiger charge is -2.28. The van der Waals surface area contributed by atoms with E-state index in [1.165, 1.54) is 22.0 Å². The maximum atomic E-state index is 15.1. The van der Waals surface area contributed by atoms with Crippen LogP contribution in [0.15, 0.2) is 47.4 Å². The maximum Gasteiger partial charge on any atom is 0.274 e. The van der Waals surface area contributed by atoms with Crippen LogP contribution in [-0.4, -0.2) is 45.7 Å². The molecular formula is C33H39FN6O2S. The van der Waals surface area contributed by atoms with Gasteiger partial charge in [-0.15, -0.1) is 16.4 Å². The smallest absolute Gasteiger partial charge is 0.274 e. The van der Waals surface area contributed by atoms with E-state index in [1.54, 1.807) is 32.3 Å². The van der Waals surface area contributed by atoms with E-state index in [0.717, 1.165) is 48.5 Å². The van der Waals surface area contributed by atoms with Crippen LogP contribution in [0.2, 0.25) is 0 Å². The Morgan fingerprint density at radius 1 is 1.12 bits per heavy atom. The van der Waals surface area contributed by atoms with Gasteiger partial charge in [0.25, 0.3) is 11.5 Å². The number of amides is 1. The Bertz CT molecular complexity index is 1690. The van der Waals surface area contributed by atoms with Crippen LogP contribution in [-0.2, 0) is 13.5 Å². The van der Waals surface area contributed by atoms with Gasteiger partial charge in [-0.1, -0.05) is 26.8 Å². The lowest BCUT2D eigenvalue weighted by molar-refractivity contribution is 0.103. The van der Waals surface area contributed by atoms with E-state index < -0.39 is 5.82 Å². The van der Waals surface area contributed by atoms with E-state index in [-0.39, 0.29) is 17.2 Å². The number of rotatable bonds is 8. The SMILES string of the molecule is CCc1sc(C(=O)Nc2c(F)ccc(-c3cc(Nc4ccc(C5CCN(C)CC5)nn4)c(=O)n(C)c3)c2C)cc1C(C)C. The number of carbonyl (C=O) groups excluding carboxylic acids is 1. The molecule has 1 aliphatic rings. The number of nitrogens with zero attached hydrogens (tertiary/aromatic N) is 4. The zero-order valence-electron chi connectivity index (χ0n) is 25.6. The summed E-state index contributed by atoms with van der Waals surface area (Å²) in [5.41, 5.74) is 4.28. The van der Waals surface area contributed by atoms with Crippen molar-refractivity contribution in [2.75, 3.05) is 30.8 Å². The van der Waals surface area contributed by atoms with Crippen LogP contribution in [0.3, 0.4) is 0 Å². The van der Waals surface area contributed by atoms with Gasteiger partial charge in [-0.3, -0.25) is 9.59 Å². The van der Waals surface area contributed by atoms with Gasteiger partial charge in [0, 0.05) is 29.6 Å². The number of nitrogens with one attached hydrogen (secondary N) is 2. The Kier molecular flexibility index (Phi) is 9.08. The molecule has 10 heteroatoms. The largest absolute Gasteiger partial charge is 0.334 e. The highest BCUT2D eigenvalue weighted by Crippen LogP contribution is 2.34. The van der Waals surface area contributed by atoms with Crippen molar-refractivity contribution in [2.45, 2.75) is 58.8 Å². The standard InChI is InChI=1S/C33H39FN6O2S/c1-7-28-24(19(2)3)17-29(43-28)32(41)36-31-20(4)23(8-9-25(31)34)22-16-27(33(42)40(6)18-22)35-30-11-10-26(37-38-30)21-12-14-39(5)15-13-21/h8-11,16-19,21H,7,12-15H2,1-6H3,(H,35,38)(H,36,41). The van der Waals surface area contributed by atoms with Crippen LogP contribution < -0.4 is 16.2 Å². The molecule has 1 fully saturated rings. The molecule has 0 bridgehead atoms. The number of anilines is 3. The molecule has 4 aromatic rings. The molecule has 0 radical (unpaired) electrons. The normalized spacial score (nSPS) is 14.3. The molecular weight excluding hydrogens is 563 g/mol. The van der Waals surface area contributed by atoms with E-state index >= 15 is 4.39 Å². The fourth-order valence-electron chi connectivity index (χ4n) is 5.66. The number of aromatic nitrogens is 3. The van der Waals surface area contributed by atoms with Gasteiger partial charge in [0.15, 0.2) is 5.82 Å². The average molecular weight is 603 g/mol. The van der Waals surface area contributed by atoms with Crippen LogP contribution in [0.1, 0.15) is 76.8 Å². The number of pyridine rings is 1. The van der Waals surface area contributed by atoms with Crippen LogP contribution in [0, 0.1) is 12.7 Å². The molecule has 43 heavy (non-hydrogen) atoms. The Morgan fingerprint density at radius 2 is 1.86 bits per heavy atom. The summed E-state index contributed by atoms with van der Waals surface area (Å²) >= 11 is 1.45. The highest BCUT2D eigenvalue weighted by Gasteiger charge is 2.21. The first-order valence-corrected chi connectivity index (χ1v) is 15.6. The number of halogens is 1. The van der Waals surface area contributed by atoms with Gasteiger partial charge >= 0.3 is 0 Å². The number of thiophene rings is 1. The Morgan fingerprint density at radius 3 is 2.49 bits per heavy atom. The van der Waals surface area contributed by atoms with Crippen LogP contribution in [0.25, 0.3) is 11.1 Å².